The molecule has 2 atom stereocenters. The van der Waals surface area contributed by atoms with Crippen LogP contribution in [0.25, 0.3) is 10.4 Å². The summed E-state index contributed by atoms with van der Waals surface area (Å²) in [7, 11) is 0. The Bertz CT molecular complexity index is 1110. The lowest BCUT2D eigenvalue weighted by Gasteiger charge is -2.27. The number of hydrogen-bond donors (Lipinski definition) is 1. The van der Waals surface area contributed by atoms with Crippen LogP contribution in [0.5, 0.6) is 0 Å². The van der Waals surface area contributed by atoms with Gasteiger partial charge in [-0.3, -0.25) is 9.59 Å². The topological polar surface area (TPSA) is 88.3 Å². The van der Waals surface area contributed by atoms with Crippen LogP contribution in [0.15, 0.2) is 40.4 Å². The van der Waals surface area contributed by atoms with E-state index in [0.29, 0.717) is 31.7 Å². The maximum atomic E-state index is 13.4. The molecular formula is C25H30N4O3S. The van der Waals surface area contributed by atoms with Crippen molar-refractivity contribution in [3.05, 3.63) is 58.6 Å². The lowest BCUT2D eigenvalue weighted by molar-refractivity contribution is -0.140. The second-order valence-corrected chi connectivity index (χ2v) is 9.44. The molecule has 1 saturated heterocycles. The molecule has 0 radical (unpaired) electrons. The number of benzene rings is 1. The maximum absolute atomic E-state index is 13.4. The number of carbonyl (C=O) groups excluding carboxylic acids is 2. The van der Waals surface area contributed by atoms with Gasteiger partial charge in [0.25, 0.3) is 0 Å². The quantitative estimate of drug-likeness (QED) is 0.524. The van der Waals surface area contributed by atoms with Crippen molar-refractivity contribution in [2.75, 3.05) is 6.54 Å². The van der Waals surface area contributed by atoms with Crippen molar-refractivity contribution in [3.63, 3.8) is 0 Å². The zero-order valence-corrected chi connectivity index (χ0v) is 20.2. The summed E-state index contributed by atoms with van der Waals surface area (Å²) in [6, 6.07) is 9.54. The highest BCUT2D eigenvalue weighted by Crippen LogP contribution is 2.29. The summed E-state index contributed by atoms with van der Waals surface area (Å²) in [6.45, 7) is 6.91. The number of likely N-dealkylation sites (tertiary alicyclic amines) is 1. The normalized spacial score (nSPS) is 16.7. The number of carbonyl (C=O) groups is 2. The van der Waals surface area contributed by atoms with Crippen molar-refractivity contribution < 1.29 is 14.1 Å². The molecular weight excluding hydrogens is 436 g/mol. The molecule has 1 aliphatic rings. The number of amides is 2. The predicted molar refractivity (Wildman–Crippen MR) is 128 cm³/mol. The minimum absolute atomic E-state index is 0.0464. The molecule has 0 bridgehead atoms. The first-order valence-electron chi connectivity index (χ1n) is 11.5. The van der Waals surface area contributed by atoms with Gasteiger partial charge >= 0.3 is 0 Å². The summed E-state index contributed by atoms with van der Waals surface area (Å²) < 4.78 is 5.40. The van der Waals surface area contributed by atoms with Gasteiger partial charge in [-0.2, -0.15) is 0 Å². The van der Waals surface area contributed by atoms with Gasteiger partial charge < -0.3 is 14.7 Å². The van der Waals surface area contributed by atoms with Crippen LogP contribution >= 0.6 is 11.3 Å². The van der Waals surface area contributed by atoms with Crippen LogP contribution in [-0.2, 0) is 16.1 Å². The summed E-state index contributed by atoms with van der Waals surface area (Å²) in [6.07, 6.45) is 3.01. The van der Waals surface area contributed by atoms with Crippen LogP contribution in [0, 0.1) is 13.8 Å². The van der Waals surface area contributed by atoms with Crippen LogP contribution in [-0.4, -0.2) is 39.4 Å². The molecule has 1 aromatic carbocycles. The Labute approximate surface area is 198 Å². The van der Waals surface area contributed by atoms with Gasteiger partial charge in [0.15, 0.2) is 0 Å². The average molecular weight is 467 g/mol. The Morgan fingerprint density at radius 3 is 2.70 bits per heavy atom. The highest BCUT2D eigenvalue weighted by atomic mass is 32.1. The predicted octanol–water partition coefficient (Wildman–Crippen LogP) is 4.61. The van der Waals surface area contributed by atoms with Gasteiger partial charge in [0.05, 0.1) is 27.7 Å². The van der Waals surface area contributed by atoms with E-state index >= 15 is 0 Å². The van der Waals surface area contributed by atoms with Crippen molar-refractivity contribution in [2.45, 2.75) is 65.0 Å². The third-order valence-corrected chi connectivity index (χ3v) is 7.11. The molecule has 0 saturated carbocycles. The van der Waals surface area contributed by atoms with Crippen molar-refractivity contribution in [1.82, 2.24) is 20.4 Å². The molecule has 8 heteroatoms. The zero-order chi connectivity index (χ0) is 23.4. The number of thiazole rings is 1. The number of nitrogens with one attached hydrogen (secondary N) is 1. The summed E-state index contributed by atoms with van der Waals surface area (Å²) >= 11 is 1.62. The van der Waals surface area contributed by atoms with E-state index in [9.17, 15) is 9.59 Å². The molecule has 0 spiro atoms. The Morgan fingerprint density at radius 2 is 2.06 bits per heavy atom. The van der Waals surface area contributed by atoms with E-state index < -0.39 is 12.0 Å². The molecule has 0 unspecified atom stereocenters. The highest BCUT2D eigenvalue weighted by molar-refractivity contribution is 7.13. The minimum Gasteiger partial charge on any atom is -0.360 e. The van der Waals surface area contributed by atoms with Crippen LogP contribution < -0.4 is 5.32 Å². The molecule has 4 rings (SSSR count). The van der Waals surface area contributed by atoms with Crippen molar-refractivity contribution >= 4 is 23.2 Å². The summed E-state index contributed by atoms with van der Waals surface area (Å²) in [5.41, 5.74) is 5.77. The number of rotatable bonds is 8. The number of aromatic nitrogens is 2. The number of nitrogens with zero attached hydrogens (tertiary/aromatic N) is 3. The third kappa shape index (κ3) is 5.16. The second kappa shape index (κ2) is 10.3. The number of aryl methyl sites for hydroxylation is 2. The van der Waals surface area contributed by atoms with E-state index in [1.165, 1.54) is 0 Å². The molecule has 2 amide bonds. The first kappa shape index (κ1) is 23.2. The van der Waals surface area contributed by atoms with Gasteiger partial charge in [0.2, 0.25) is 11.8 Å². The molecule has 1 N–H and O–H groups in total. The Morgan fingerprint density at radius 1 is 1.27 bits per heavy atom. The fourth-order valence-electron chi connectivity index (χ4n) is 4.39. The largest absolute Gasteiger partial charge is 0.360 e. The van der Waals surface area contributed by atoms with Crippen LogP contribution in [0.3, 0.4) is 0 Å². The summed E-state index contributed by atoms with van der Waals surface area (Å²) in [5, 5.41) is 6.97. The molecule has 7 nitrogen and oxygen atoms in total. The number of hydrogen-bond acceptors (Lipinski definition) is 6. The van der Waals surface area contributed by atoms with E-state index in [-0.39, 0.29) is 11.8 Å². The average Bonchev–Trinajstić information content (AvgIpc) is 3.57. The van der Waals surface area contributed by atoms with Crippen molar-refractivity contribution in [3.8, 4) is 10.4 Å². The lowest BCUT2D eigenvalue weighted by atomic mass is 9.98. The molecule has 3 heterocycles. The molecule has 33 heavy (non-hydrogen) atoms. The van der Waals surface area contributed by atoms with Gasteiger partial charge in [0, 0.05) is 19.2 Å². The zero-order valence-electron chi connectivity index (χ0n) is 19.3. The van der Waals surface area contributed by atoms with Crippen molar-refractivity contribution in [2.24, 2.45) is 0 Å². The van der Waals surface area contributed by atoms with Gasteiger partial charge in [-0.15, -0.1) is 11.3 Å². The first-order valence-corrected chi connectivity index (χ1v) is 12.4. The van der Waals surface area contributed by atoms with E-state index in [2.05, 4.69) is 27.6 Å². The minimum atomic E-state index is -0.444. The Balaban J connectivity index is 1.39. The molecule has 0 aliphatic carbocycles. The fourth-order valence-corrected chi connectivity index (χ4v) is 5.20. The molecule has 3 aromatic rings. The van der Waals surface area contributed by atoms with Crippen LogP contribution in [0.2, 0.25) is 0 Å². The standard InChI is InChI=1S/C25H30N4O3S/c1-4-6-20(22-13-16(2)28-32-22)25(31)29-12-5-7-21(29)24(30)26-14-18-8-10-19(11-9-18)23-17(3)27-15-33-23/h8-11,13,15,20-21H,4-7,12,14H2,1-3H3,(H,26,30)/t20-,21+/m1/s1. The maximum Gasteiger partial charge on any atom is 0.243 e. The lowest BCUT2D eigenvalue weighted by Crippen LogP contribution is -2.47. The van der Waals surface area contributed by atoms with E-state index in [1.54, 1.807) is 16.2 Å². The van der Waals surface area contributed by atoms with Gasteiger partial charge in [-0.1, -0.05) is 42.8 Å². The van der Waals surface area contributed by atoms with Gasteiger partial charge in [0.1, 0.15) is 11.8 Å². The molecule has 174 valence electrons. The second-order valence-electron chi connectivity index (χ2n) is 8.58. The SMILES string of the molecule is CCC[C@@H](C(=O)N1CCC[C@H]1C(=O)NCc1ccc(-c2scnc2C)cc1)c1cc(C)no1. The fraction of sp³-hybridized carbons (Fsp3) is 0.440. The Kier molecular flexibility index (Phi) is 7.23. The van der Waals surface area contributed by atoms with E-state index in [0.717, 1.165) is 40.2 Å². The monoisotopic (exact) mass is 466 g/mol. The molecule has 1 aliphatic heterocycles. The summed E-state index contributed by atoms with van der Waals surface area (Å²) in [4.78, 5) is 33.6. The first-order chi connectivity index (χ1) is 16.0. The van der Waals surface area contributed by atoms with Crippen LogP contribution in [0.1, 0.15) is 61.2 Å². The Hall–Kier alpha value is -3.00. The molecule has 1 fully saturated rings. The smallest absolute Gasteiger partial charge is 0.243 e. The van der Waals surface area contributed by atoms with E-state index in [1.807, 2.05) is 44.5 Å². The van der Waals surface area contributed by atoms with Crippen molar-refractivity contribution in [1.29, 1.82) is 0 Å². The third-order valence-electron chi connectivity index (χ3n) is 6.13. The van der Waals surface area contributed by atoms with Crippen LogP contribution in [0.4, 0.5) is 0 Å². The molecule has 2 aromatic heterocycles. The summed E-state index contributed by atoms with van der Waals surface area (Å²) in [5.74, 6) is 0.0381. The highest BCUT2D eigenvalue weighted by Gasteiger charge is 2.38. The van der Waals surface area contributed by atoms with Gasteiger partial charge in [-0.05, 0) is 44.2 Å². The van der Waals surface area contributed by atoms with Gasteiger partial charge in [-0.25, -0.2) is 4.98 Å². The van der Waals surface area contributed by atoms with E-state index in [4.69, 9.17) is 4.52 Å².